The second kappa shape index (κ2) is 6.76. The van der Waals surface area contributed by atoms with E-state index in [1.807, 2.05) is 24.0 Å². The fourth-order valence-corrected chi connectivity index (χ4v) is 4.25. The minimum atomic E-state index is -0.792. The molecule has 2 amide bonds. The van der Waals surface area contributed by atoms with E-state index < -0.39 is 5.72 Å². The summed E-state index contributed by atoms with van der Waals surface area (Å²) in [4.78, 5) is 27.6. The molecule has 2 aliphatic rings. The molecule has 0 radical (unpaired) electrons. The van der Waals surface area contributed by atoms with Gasteiger partial charge < -0.3 is 19.7 Å². The highest BCUT2D eigenvalue weighted by molar-refractivity contribution is 6.00. The number of aromatic nitrogens is 2. The van der Waals surface area contributed by atoms with Crippen LogP contribution in [0.2, 0.25) is 0 Å². The summed E-state index contributed by atoms with van der Waals surface area (Å²) in [5.41, 5.74) is 2.24. The molecule has 0 aliphatic carbocycles. The minimum absolute atomic E-state index is 0.0247. The zero-order chi connectivity index (χ0) is 20.9. The summed E-state index contributed by atoms with van der Waals surface area (Å²) in [6.45, 7) is 2.94. The number of benzene rings is 2. The van der Waals surface area contributed by atoms with Crippen molar-refractivity contribution in [3.8, 4) is 11.5 Å². The lowest BCUT2D eigenvalue weighted by Gasteiger charge is -2.44. The number of methoxy groups -OCH3 is 1. The van der Waals surface area contributed by atoms with Gasteiger partial charge in [-0.25, -0.2) is 0 Å². The van der Waals surface area contributed by atoms with Crippen molar-refractivity contribution in [3.05, 3.63) is 53.2 Å². The van der Waals surface area contributed by atoms with E-state index in [9.17, 15) is 9.59 Å². The number of hydrogen-bond donors (Lipinski definition) is 2. The Hall–Kier alpha value is -3.55. The van der Waals surface area contributed by atoms with Gasteiger partial charge in [0.05, 0.1) is 24.4 Å². The molecule has 2 aliphatic heterocycles. The molecule has 1 aromatic heterocycles. The number of nitrogens with zero attached hydrogens (tertiary/aromatic N) is 2. The summed E-state index contributed by atoms with van der Waals surface area (Å²) in [6.07, 6.45) is 2.76. The molecule has 1 saturated heterocycles. The third kappa shape index (κ3) is 2.96. The van der Waals surface area contributed by atoms with Crippen molar-refractivity contribution in [2.24, 2.45) is 0 Å². The van der Waals surface area contributed by atoms with E-state index in [2.05, 4.69) is 15.5 Å². The number of amides is 2. The summed E-state index contributed by atoms with van der Waals surface area (Å²) in [5, 5.41) is 10.9. The van der Waals surface area contributed by atoms with Crippen molar-refractivity contribution in [1.29, 1.82) is 0 Å². The second-order valence-corrected chi connectivity index (χ2v) is 7.83. The Morgan fingerprint density at radius 1 is 1.23 bits per heavy atom. The number of rotatable bonds is 2. The number of hydrogen-bond acceptors (Lipinski definition) is 5. The highest BCUT2D eigenvalue weighted by atomic mass is 16.5. The Labute approximate surface area is 173 Å². The van der Waals surface area contributed by atoms with Crippen LogP contribution in [0.3, 0.4) is 0 Å². The van der Waals surface area contributed by atoms with Crippen LogP contribution in [0.15, 0.2) is 36.5 Å². The molecule has 1 fully saturated rings. The molecule has 3 heterocycles. The van der Waals surface area contributed by atoms with Gasteiger partial charge in [-0.2, -0.15) is 5.10 Å². The van der Waals surface area contributed by atoms with Crippen molar-refractivity contribution < 1.29 is 19.1 Å². The summed E-state index contributed by atoms with van der Waals surface area (Å²) in [7, 11) is 1.56. The number of fused-ring (bicyclic) bond motifs is 2. The molecule has 2 aromatic carbocycles. The van der Waals surface area contributed by atoms with E-state index in [1.165, 1.54) is 0 Å². The number of ether oxygens (including phenoxy) is 2. The molecule has 0 bridgehead atoms. The predicted molar refractivity (Wildman–Crippen MR) is 110 cm³/mol. The molecule has 3 aromatic rings. The van der Waals surface area contributed by atoms with Crippen molar-refractivity contribution in [1.82, 2.24) is 20.4 Å². The van der Waals surface area contributed by atoms with Gasteiger partial charge in [-0.1, -0.05) is 0 Å². The largest absolute Gasteiger partial charge is 0.497 e. The molecule has 8 nitrogen and oxygen atoms in total. The zero-order valence-electron chi connectivity index (χ0n) is 16.8. The number of aryl methyl sites for hydroxylation is 1. The van der Waals surface area contributed by atoms with E-state index in [0.717, 1.165) is 16.5 Å². The topological polar surface area (TPSA) is 96.6 Å². The first-order valence-electron chi connectivity index (χ1n) is 9.91. The first-order chi connectivity index (χ1) is 14.5. The van der Waals surface area contributed by atoms with Crippen LogP contribution in [0.1, 0.15) is 39.1 Å². The lowest BCUT2D eigenvalue weighted by atomic mass is 9.96. The second-order valence-electron chi connectivity index (χ2n) is 7.83. The predicted octanol–water partition coefficient (Wildman–Crippen LogP) is 2.63. The van der Waals surface area contributed by atoms with Gasteiger partial charge in [0, 0.05) is 36.9 Å². The van der Waals surface area contributed by atoms with Gasteiger partial charge >= 0.3 is 0 Å². The monoisotopic (exact) mass is 406 g/mol. The first-order valence-corrected chi connectivity index (χ1v) is 9.91. The average molecular weight is 406 g/mol. The smallest absolute Gasteiger partial charge is 0.258 e. The van der Waals surface area contributed by atoms with Crippen molar-refractivity contribution >= 4 is 22.7 Å². The number of piperidine rings is 1. The van der Waals surface area contributed by atoms with Crippen LogP contribution < -0.4 is 14.8 Å². The van der Waals surface area contributed by atoms with Gasteiger partial charge in [0.2, 0.25) is 0 Å². The zero-order valence-corrected chi connectivity index (χ0v) is 16.8. The van der Waals surface area contributed by atoms with Gasteiger partial charge in [0.1, 0.15) is 11.5 Å². The molecule has 8 heteroatoms. The normalized spacial score (nSPS) is 17.4. The Balaban J connectivity index is 1.33. The Morgan fingerprint density at radius 3 is 2.80 bits per heavy atom. The molecule has 0 unspecified atom stereocenters. The number of nitrogens with one attached hydrogen (secondary N) is 2. The average Bonchev–Trinajstić information content (AvgIpc) is 3.23. The van der Waals surface area contributed by atoms with Crippen LogP contribution in [-0.2, 0) is 0 Å². The van der Waals surface area contributed by atoms with Gasteiger partial charge in [0.25, 0.3) is 11.8 Å². The minimum Gasteiger partial charge on any atom is -0.497 e. The quantitative estimate of drug-likeness (QED) is 0.682. The number of H-pyrrole nitrogens is 1. The highest BCUT2D eigenvalue weighted by Crippen LogP contribution is 2.35. The van der Waals surface area contributed by atoms with E-state index in [4.69, 9.17) is 9.47 Å². The fourth-order valence-electron chi connectivity index (χ4n) is 4.25. The Morgan fingerprint density at radius 2 is 2.03 bits per heavy atom. The Kier molecular flexibility index (Phi) is 4.16. The lowest BCUT2D eigenvalue weighted by Crippen LogP contribution is -2.61. The number of aromatic amines is 1. The lowest BCUT2D eigenvalue weighted by molar-refractivity contribution is -0.0246. The fraction of sp³-hybridized carbons (Fsp3) is 0.318. The third-order valence-corrected chi connectivity index (χ3v) is 5.93. The van der Waals surface area contributed by atoms with Crippen molar-refractivity contribution in [2.75, 3.05) is 20.2 Å². The van der Waals surface area contributed by atoms with Gasteiger partial charge in [-0.15, -0.1) is 0 Å². The van der Waals surface area contributed by atoms with Crippen LogP contribution in [-0.4, -0.2) is 52.8 Å². The molecular formula is C22H22N4O4. The molecule has 1 spiro atoms. The van der Waals surface area contributed by atoms with Crippen LogP contribution in [0.5, 0.6) is 11.5 Å². The highest BCUT2D eigenvalue weighted by Gasteiger charge is 2.43. The number of likely N-dealkylation sites (tertiary alicyclic amines) is 1. The molecule has 0 atom stereocenters. The van der Waals surface area contributed by atoms with Gasteiger partial charge in [0.15, 0.2) is 5.72 Å². The number of carbonyl (C=O) groups is 2. The van der Waals surface area contributed by atoms with Crippen molar-refractivity contribution in [3.63, 3.8) is 0 Å². The molecule has 0 saturated carbocycles. The van der Waals surface area contributed by atoms with E-state index >= 15 is 0 Å². The number of carbonyl (C=O) groups excluding carboxylic acids is 2. The summed E-state index contributed by atoms with van der Waals surface area (Å²) >= 11 is 0. The summed E-state index contributed by atoms with van der Waals surface area (Å²) in [6, 6.07) is 8.95. The maximum Gasteiger partial charge on any atom is 0.258 e. The molecule has 2 N–H and O–H groups in total. The van der Waals surface area contributed by atoms with Crippen molar-refractivity contribution in [2.45, 2.75) is 25.5 Å². The van der Waals surface area contributed by atoms with Gasteiger partial charge in [-0.3, -0.25) is 14.7 Å². The maximum atomic E-state index is 13.1. The molecule has 30 heavy (non-hydrogen) atoms. The van der Waals surface area contributed by atoms with Crippen LogP contribution in [0.25, 0.3) is 10.9 Å². The van der Waals surface area contributed by atoms with E-state index in [-0.39, 0.29) is 11.8 Å². The third-order valence-electron chi connectivity index (χ3n) is 5.93. The first kappa shape index (κ1) is 18.5. The maximum absolute atomic E-state index is 13.1. The summed E-state index contributed by atoms with van der Waals surface area (Å²) in [5.74, 6) is 0.938. The van der Waals surface area contributed by atoms with E-state index in [0.29, 0.717) is 48.6 Å². The Bertz CT molecular complexity index is 1160. The van der Waals surface area contributed by atoms with Gasteiger partial charge in [-0.05, 0) is 42.8 Å². The van der Waals surface area contributed by atoms with Crippen LogP contribution in [0, 0.1) is 6.92 Å². The van der Waals surface area contributed by atoms with E-state index in [1.54, 1.807) is 31.5 Å². The molecule has 154 valence electrons. The SMILES string of the molecule is COc1ccc2c(c1)C(=O)NC1(CCN(C(=O)c3cc(C)c4[nH]ncc4c3)CC1)O2. The standard InChI is InChI=1S/C22H22N4O4/c1-13-9-14(10-15-12-23-25-19(13)15)21(28)26-7-5-22(6-8-26)24-20(27)17-11-16(29-2)3-4-18(17)30-22/h3-4,9-12H,5-8H2,1-2H3,(H,23,25)(H,24,27). The van der Waals surface area contributed by atoms with Crippen LogP contribution in [0.4, 0.5) is 0 Å². The summed E-state index contributed by atoms with van der Waals surface area (Å²) < 4.78 is 11.4. The molecule has 5 rings (SSSR count). The van der Waals surface area contributed by atoms with Crippen LogP contribution >= 0.6 is 0 Å². The molecular weight excluding hydrogens is 384 g/mol.